The number of rotatable bonds is 7. The molecular weight excluding hydrogens is 416 g/mol. The smallest absolute Gasteiger partial charge is 0.256 e. The predicted molar refractivity (Wildman–Crippen MR) is 127 cm³/mol. The van der Waals surface area contributed by atoms with Crippen LogP contribution in [-0.4, -0.2) is 57.8 Å². The van der Waals surface area contributed by atoms with Gasteiger partial charge in [-0.3, -0.25) is 9.69 Å². The number of nitrogens with two attached hydrogens (primary N) is 1. The monoisotopic (exact) mass is 448 g/mol. The van der Waals surface area contributed by atoms with Crippen molar-refractivity contribution in [2.75, 3.05) is 31.2 Å². The molecule has 3 heterocycles. The molecule has 0 radical (unpaired) electrons. The molecule has 2 fully saturated rings. The highest BCUT2D eigenvalue weighted by Crippen LogP contribution is 2.32. The molecule has 0 spiro atoms. The summed E-state index contributed by atoms with van der Waals surface area (Å²) in [6, 6.07) is 10.9. The lowest BCUT2D eigenvalue weighted by atomic mass is 9.93. The van der Waals surface area contributed by atoms with Crippen LogP contribution in [0, 0.1) is 0 Å². The second kappa shape index (κ2) is 9.89. The fourth-order valence-corrected chi connectivity index (χ4v) is 5.11. The van der Waals surface area contributed by atoms with Crippen LogP contribution in [0.25, 0.3) is 5.65 Å². The highest BCUT2D eigenvalue weighted by atomic mass is 16.5. The molecule has 174 valence electrons. The first-order chi connectivity index (χ1) is 16.2. The topological polar surface area (TPSA) is 89.0 Å². The summed E-state index contributed by atoms with van der Waals surface area (Å²) in [5, 5.41) is 4.78. The summed E-state index contributed by atoms with van der Waals surface area (Å²) < 4.78 is 7.15. The number of anilines is 1. The van der Waals surface area contributed by atoms with Gasteiger partial charge in [0.25, 0.3) is 5.91 Å². The Labute approximate surface area is 194 Å². The maximum Gasteiger partial charge on any atom is 0.256 e. The molecule has 0 bridgehead atoms. The summed E-state index contributed by atoms with van der Waals surface area (Å²) in [5.41, 5.74) is 9.27. The summed E-state index contributed by atoms with van der Waals surface area (Å²) in [7, 11) is 0. The molecule has 1 saturated carbocycles. The van der Waals surface area contributed by atoms with Crippen molar-refractivity contribution in [1.29, 1.82) is 0 Å². The molecule has 2 N–H and O–H groups in total. The van der Waals surface area contributed by atoms with Gasteiger partial charge in [-0.2, -0.15) is 0 Å². The fourth-order valence-electron chi connectivity index (χ4n) is 5.11. The molecule has 8 nitrogen and oxygen atoms in total. The van der Waals surface area contributed by atoms with Gasteiger partial charge in [0, 0.05) is 44.6 Å². The van der Waals surface area contributed by atoms with Gasteiger partial charge in [0.2, 0.25) is 0 Å². The summed E-state index contributed by atoms with van der Waals surface area (Å²) in [4.78, 5) is 21.6. The number of aromatic nitrogens is 3. The molecule has 3 aromatic rings. The number of hydrogen-bond acceptors (Lipinski definition) is 6. The first-order valence-corrected chi connectivity index (χ1v) is 12.0. The average molecular weight is 449 g/mol. The van der Waals surface area contributed by atoms with Crippen LogP contribution in [-0.2, 0) is 17.8 Å². The van der Waals surface area contributed by atoms with Crippen LogP contribution < -0.4 is 10.6 Å². The normalized spacial score (nSPS) is 17.9. The minimum atomic E-state index is -0.486. The molecule has 5 rings (SSSR count). The Morgan fingerprint density at radius 1 is 1.12 bits per heavy atom. The van der Waals surface area contributed by atoms with E-state index in [4.69, 9.17) is 15.6 Å². The van der Waals surface area contributed by atoms with Crippen molar-refractivity contribution in [3.05, 3.63) is 59.4 Å². The number of ether oxygens (including phenoxy) is 1. The standard InChI is InChI=1S/C25H32N6O2/c26-23(32)22-24-27-10-5-11-31(24)28-25(22)30(21-8-2-1-3-9-21)18-20-7-4-6-19(16-20)17-29-12-14-33-15-13-29/h4-7,10-11,16,21H,1-3,8-9,12-15,17-18H2,(H2,26,32). The van der Waals surface area contributed by atoms with Gasteiger partial charge in [0.15, 0.2) is 11.5 Å². The van der Waals surface area contributed by atoms with Gasteiger partial charge < -0.3 is 15.4 Å². The van der Waals surface area contributed by atoms with Crippen molar-refractivity contribution >= 4 is 17.4 Å². The fraction of sp³-hybridized carbons (Fsp3) is 0.480. The highest BCUT2D eigenvalue weighted by Gasteiger charge is 2.29. The number of fused-ring (bicyclic) bond motifs is 1. The molecule has 1 aliphatic heterocycles. The number of nitrogens with zero attached hydrogens (tertiary/aromatic N) is 5. The first kappa shape index (κ1) is 21.9. The minimum Gasteiger partial charge on any atom is -0.379 e. The average Bonchev–Trinajstić information content (AvgIpc) is 3.24. The summed E-state index contributed by atoms with van der Waals surface area (Å²) >= 11 is 0. The zero-order chi connectivity index (χ0) is 22.6. The number of morpholine rings is 1. The second-order valence-electron chi connectivity index (χ2n) is 9.08. The molecular formula is C25H32N6O2. The molecule has 2 aliphatic rings. The van der Waals surface area contributed by atoms with E-state index in [9.17, 15) is 4.79 Å². The van der Waals surface area contributed by atoms with Gasteiger partial charge in [0.1, 0.15) is 5.56 Å². The summed E-state index contributed by atoms with van der Waals surface area (Å²) in [5.74, 6) is 0.159. The predicted octanol–water partition coefficient (Wildman–Crippen LogP) is 3.00. The van der Waals surface area contributed by atoms with Gasteiger partial charge in [-0.25, -0.2) is 9.50 Å². The number of benzene rings is 1. The van der Waals surface area contributed by atoms with E-state index in [0.29, 0.717) is 29.6 Å². The lowest BCUT2D eigenvalue weighted by Crippen LogP contribution is -2.38. The van der Waals surface area contributed by atoms with E-state index in [-0.39, 0.29) is 0 Å². The SMILES string of the molecule is NC(=O)c1c(N(Cc2cccc(CN3CCOCC3)c2)C2CCCCC2)nn2cccnc12. The zero-order valence-electron chi connectivity index (χ0n) is 19.0. The Hall–Kier alpha value is -2.97. The Morgan fingerprint density at radius 2 is 1.91 bits per heavy atom. The van der Waals surface area contributed by atoms with Crippen LogP contribution in [0.3, 0.4) is 0 Å². The maximum absolute atomic E-state index is 12.5. The van der Waals surface area contributed by atoms with Crippen molar-refractivity contribution < 1.29 is 9.53 Å². The molecule has 1 amide bonds. The molecule has 33 heavy (non-hydrogen) atoms. The lowest BCUT2D eigenvalue weighted by Gasteiger charge is -2.35. The Balaban J connectivity index is 1.47. The van der Waals surface area contributed by atoms with Crippen LogP contribution in [0.2, 0.25) is 0 Å². The molecule has 0 unspecified atom stereocenters. The third kappa shape index (κ3) is 4.86. The van der Waals surface area contributed by atoms with Crippen molar-refractivity contribution in [3.8, 4) is 0 Å². The molecule has 1 aliphatic carbocycles. The third-order valence-corrected chi connectivity index (χ3v) is 6.76. The number of carbonyl (C=O) groups is 1. The minimum absolute atomic E-state index is 0.324. The van der Waals surface area contributed by atoms with Crippen LogP contribution >= 0.6 is 0 Å². The number of carbonyl (C=O) groups excluding carboxylic acids is 1. The Morgan fingerprint density at radius 3 is 2.70 bits per heavy atom. The summed E-state index contributed by atoms with van der Waals surface area (Å²) in [6.45, 7) is 5.14. The lowest BCUT2D eigenvalue weighted by molar-refractivity contribution is 0.0342. The largest absolute Gasteiger partial charge is 0.379 e. The number of primary amides is 1. The zero-order valence-corrected chi connectivity index (χ0v) is 19.0. The maximum atomic E-state index is 12.5. The highest BCUT2D eigenvalue weighted by molar-refractivity contribution is 6.03. The number of hydrogen-bond donors (Lipinski definition) is 1. The molecule has 1 aromatic carbocycles. The molecule has 2 aromatic heterocycles. The third-order valence-electron chi connectivity index (χ3n) is 6.76. The first-order valence-electron chi connectivity index (χ1n) is 12.0. The molecule has 1 saturated heterocycles. The Kier molecular flexibility index (Phi) is 6.55. The molecule has 0 atom stereocenters. The van der Waals surface area contributed by atoms with Gasteiger partial charge in [-0.15, -0.1) is 5.10 Å². The van der Waals surface area contributed by atoms with Crippen LogP contribution in [0.15, 0.2) is 42.7 Å². The van der Waals surface area contributed by atoms with E-state index in [0.717, 1.165) is 45.7 Å². The van der Waals surface area contributed by atoms with Gasteiger partial charge in [-0.05, 0) is 30.0 Å². The van der Waals surface area contributed by atoms with Crippen molar-refractivity contribution in [1.82, 2.24) is 19.5 Å². The molecule has 8 heteroatoms. The van der Waals surface area contributed by atoms with Crippen LogP contribution in [0.1, 0.15) is 53.6 Å². The quantitative estimate of drug-likeness (QED) is 0.598. The van der Waals surface area contributed by atoms with Gasteiger partial charge >= 0.3 is 0 Å². The van der Waals surface area contributed by atoms with Gasteiger partial charge in [0.05, 0.1) is 13.2 Å². The van der Waals surface area contributed by atoms with E-state index < -0.39 is 5.91 Å². The van der Waals surface area contributed by atoms with E-state index in [1.807, 2.05) is 12.3 Å². The second-order valence-corrected chi connectivity index (χ2v) is 9.08. The van der Waals surface area contributed by atoms with E-state index in [1.165, 1.54) is 30.4 Å². The van der Waals surface area contributed by atoms with Crippen molar-refractivity contribution in [3.63, 3.8) is 0 Å². The van der Waals surface area contributed by atoms with Crippen LogP contribution in [0.5, 0.6) is 0 Å². The van der Waals surface area contributed by atoms with E-state index in [2.05, 4.69) is 39.0 Å². The van der Waals surface area contributed by atoms with Crippen LogP contribution in [0.4, 0.5) is 5.82 Å². The van der Waals surface area contributed by atoms with Gasteiger partial charge in [-0.1, -0.05) is 43.5 Å². The summed E-state index contributed by atoms with van der Waals surface area (Å²) in [6.07, 6.45) is 9.31. The van der Waals surface area contributed by atoms with E-state index in [1.54, 1.807) is 10.7 Å². The van der Waals surface area contributed by atoms with E-state index >= 15 is 0 Å². The van der Waals surface area contributed by atoms with Crippen molar-refractivity contribution in [2.45, 2.75) is 51.2 Å². The number of amides is 1. The Bertz CT molecular complexity index is 1100. The van der Waals surface area contributed by atoms with Crippen molar-refractivity contribution in [2.24, 2.45) is 5.73 Å².